The molecule has 0 amide bonds. The Balaban J connectivity index is 1.77. The summed E-state index contributed by atoms with van der Waals surface area (Å²) in [6.45, 7) is 1.55. The Kier molecular flexibility index (Phi) is 2.87. The number of rotatable bonds is 2. The number of hydrogen-bond donors (Lipinski definition) is 0. The Bertz CT molecular complexity index is 604. The highest BCUT2D eigenvalue weighted by Gasteiger charge is 2.13. The minimum atomic E-state index is 0.680. The van der Waals surface area contributed by atoms with Gasteiger partial charge in [0.25, 0.3) is 0 Å². The second-order valence-electron chi connectivity index (χ2n) is 4.26. The number of halogens is 1. The largest absolute Gasteiger partial charge is 0.365 e. The molecular formula is C12H12BrN5. The van der Waals surface area contributed by atoms with Crippen LogP contribution in [-0.2, 0) is 20.1 Å². The predicted molar refractivity (Wildman–Crippen MR) is 71.2 cm³/mol. The fraction of sp³-hybridized carbons (Fsp3) is 0.250. The van der Waals surface area contributed by atoms with Crippen molar-refractivity contribution in [2.24, 2.45) is 7.05 Å². The lowest BCUT2D eigenvalue weighted by atomic mass is 10.0. The van der Waals surface area contributed by atoms with Crippen LogP contribution in [0.15, 0.2) is 28.9 Å². The van der Waals surface area contributed by atoms with Gasteiger partial charge in [-0.3, -0.25) is 0 Å². The quantitative estimate of drug-likeness (QED) is 0.851. The molecule has 0 saturated carbocycles. The number of benzene rings is 1. The maximum Gasteiger partial charge on any atom is 0.193 e. The highest BCUT2D eigenvalue weighted by Crippen LogP contribution is 2.23. The van der Waals surface area contributed by atoms with Crippen LogP contribution in [0.5, 0.6) is 0 Å². The molecule has 0 aliphatic carbocycles. The van der Waals surface area contributed by atoms with E-state index in [9.17, 15) is 0 Å². The monoisotopic (exact) mass is 305 g/mol. The van der Waals surface area contributed by atoms with E-state index in [1.807, 2.05) is 0 Å². The van der Waals surface area contributed by atoms with Gasteiger partial charge in [0.2, 0.25) is 0 Å². The van der Waals surface area contributed by atoms with Crippen molar-refractivity contribution in [2.75, 3.05) is 0 Å². The second-order valence-corrected chi connectivity index (χ2v) is 5.17. The minimum Gasteiger partial charge on any atom is -0.365 e. The Morgan fingerprint density at radius 2 is 2.28 bits per heavy atom. The summed E-state index contributed by atoms with van der Waals surface area (Å²) >= 11 is 3.48. The molecule has 1 aromatic heterocycles. The van der Waals surface area contributed by atoms with Gasteiger partial charge in [-0.2, -0.15) is 4.80 Å². The van der Waals surface area contributed by atoms with Crippen LogP contribution in [0.4, 0.5) is 0 Å². The second kappa shape index (κ2) is 4.53. The predicted octanol–water partition coefficient (Wildman–Crippen LogP) is 1.96. The van der Waals surface area contributed by atoms with Gasteiger partial charge in [-0.05, 0) is 34.5 Å². The molecule has 3 rings (SSSR count). The van der Waals surface area contributed by atoms with Crippen molar-refractivity contribution in [3.8, 4) is 0 Å². The van der Waals surface area contributed by atoms with E-state index in [1.54, 1.807) is 7.05 Å². The molecule has 0 spiro atoms. The molecule has 6 heteroatoms. The Labute approximate surface area is 113 Å². The lowest BCUT2D eigenvalue weighted by molar-refractivity contribution is 0.349. The Morgan fingerprint density at radius 1 is 1.39 bits per heavy atom. The first-order valence-corrected chi connectivity index (χ1v) is 6.43. The highest BCUT2D eigenvalue weighted by molar-refractivity contribution is 9.10. The van der Waals surface area contributed by atoms with E-state index in [1.165, 1.54) is 15.9 Å². The first-order valence-electron chi connectivity index (χ1n) is 5.64. The van der Waals surface area contributed by atoms with Gasteiger partial charge in [0.05, 0.1) is 13.6 Å². The van der Waals surface area contributed by atoms with Gasteiger partial charge in [-0.25, -0.2) is 0 Å². The molecule has 1 aliphatic rings. The van der Waals surface area contributed by atoms with Crippen LogP contribution in [0.3, 0.4) is 0 Å². The van der Waals surface area contributed by atoms with Crippen molar-refractivity contribution in [1.82, 2.24) is 25.1 Å². The van der Waals surface area contributed by atoms with E-state index in [0.29, 0.717) is 6.54 Å². The van der Waals surface area contributed by atoms with Gasteiger partial charge in [0, 0.05) is 17.2 Å². The topological polar surface area (TPSA) is 46.8 Å². The zero-order valence-corrected chi connectivity index (χ0v) is 11.5. The van der Waals surface area contributed by atoms with Gasteiger partial charge < -0.3 is 4.90 Å². The van der Waals surface area contributed by atoms with Gasteiger partial charge in [-0.1, -0.05) is 22.0 Å². The zero-order chi connectivity index (χ0) is 12.5. The molecule has 92 valence electrons. The third kappa shape index (κ3) is 2.28. The third-order valence-electron chi connectivity index (χ3n) is 2.84. The minimum absolute atomic E-state index is 0.680. The smallest absolute Gasteiger partial charge is 0.193 e. The number of aromatic nitrogens is 4. The molecule has 0 fully saturated rings. The number of nitrogens with zero attached hydrogens (tertiary/aromatic N) is 5. The molecule has 0 bridgehead atoms. The number of tetrazole rings is 1. The summed E-state index contributed by atoms with van der Waals surface area (Å²) in [4.78, 5) is 3.65. The van der Waals surface area contributed by atoms with E-state index in [4.69, 9.17) is 0 Å². The van der Waals surface area contributed by atoms with Crippen LogP contribution in [0, 0.1) is 0 Å². The van der Waals surface area contributed by atoms with E-state index in [0.717, 1.165) is 16.8 Å². The maximum absolute atomic E-state index is 4.19. The molecule has 0 saturated heterocycles. The SMILES string of the molecule is Cn1nnc(CN2C=Cc3cc(Br)ccc3C2)n1. The van der Waals surface area contributed by atoms with Crippen LogP contribution >= 0.6 is 15.9 Å². The first-order chi connectivity index (χ1) is 8.70. The average Bonchev–Trinajstić information content (AvgIpc) is 2.75. The fourth-order valence-electron chi connectivity index (χ4n) is 2.00. The van der Waals surface area contributed by atoms with E-state index >= 15 is 0 Å². The summed E-state index contributed by atoms with van der Waals surface area (Å²) in [5.74, 6) is 0.739. The molecule has 0 N–H and O–H groups in total. The van der Waals surface area contributed by atoms with Crippen molar-refractivity contribution < 1.29 is 0 Å². The molecule has 18 heavy (non-hydrogen) atoms. The lowest BCUT2D eigenvalue weighted by Gasteiger charge is -2.24. The van der Waals surface area contributed by atoms with Crippen molar-refractivity contribution in [1.29, 1.82) is 0 Å². The maximum atomic E-state index is 4.19. The summed E-state index contributed by atoms with van der Waals surface area (Å²) < 4.78 is 1.11. The number of aryl methyl sites for hydroxylation is 1. The van der Waals surface area contributed by atoms with Crippen LogP contribution in [-0.4, -0.2) is 25.1 Å². The zero-order valence-electron chi connectivity index (χ0n) is 9.91. The Morgan fingerprint density at radius 3 is 3.06 bits per heavy atom. The first kappa shape index (κ1) is 11.4. The molecule has 1 aromatic carbocycles. The van der Waals surface area contributed by atoms with Crippen molar-refractivity contribution in [3.05, 3.63) is 45.8 Å². The highest BCUT2D eigenvalue weighted by atomic mass is 79.9. The van der Waals surface area contributed by atoms with Crippen molar-refractivity contribution in [2.45, 2.75) is 13.1 Å². The van der Waals surface area contributed by atoms with E-state index in [-0.39, 0.29) is 0 Å². The van der Waals surface area contributed by atoms with Crippen LogP contribution < -0.4 is 0 Å². The van der Waals surface area contributed by atoms with Crippen LogP contribution in [0.2, 0.25) is 0 Å². The molecule has 1 aliphatic heterocycles. The van der Waals surface area contributed by atoms with Crippen molar-refractivity contribution >= 4 is 22.0 Å². The summed E-state index contributed by atoms with van der Waals surface area (Å²) in [7, 11) is 1.77. The van der Waals surface area contributed by atoms with Crippen molar-refractivity contribution in [3.63, 3.8) is 0 Å². The van der Waals surface area contributed by atoms with Crippen LogP contribution in [0.25, 0.3) is 6.08 Å². The fourth-order valence-corrected chi connectivity index (χ4v) is 2.38. The summed E-state index contributed by atoms with van der Waals surface area (Å²) in [6, 6.07) is 6.33. The molecule has 2 heterocycles. The number of fused-ring (bicyclic) bond motifs is 1. The lowest BCUT2D eigenvalue weighted by Crippen LogP contribution is -2.20. The average molecular weight is 306 g/mol. The molecule has 0 atom stereocenters. The van der Waals surface area contributed by atoms with Gasteiger partial charge in [-0.15, -0.1) is 10.2 Å². The molecular weight excluding hydrogens is 294 g/mol. The molecule has 5 nitrogen and oxygen atoms in total. The normalized spacial score (nSPS) is 13.8. The van der Waals surface area contributed by atoms with Gasteiger partial charge >= 0.3 is 0 Å². The summed E-state index contributed by atoms with van der Waals surface area (Å²) in [5.41, 5.74) is 2.57. The third-order valence-corrected chi connectivity index (χ3v) is 3.33. The standard InChI is InChI=1S/C12H12BrN5/c1-17-15-12(14-16-17)8-18-5-4-9-6-11(13)3-2-10(9)7-18/h2-6H,7-8H2,1H3. The van der Waals surface area contributed by atoms with E-state index in [2.05, 4.69) is 66.7 Å². The molecule has 0 radical (unpaired) electrons. The van der Waals surface area contributed by atoms with Crippen LogP contribution in [0.1, 0.15) is 17.0 Å². The van der Waals surface area contributed by atoms with Gasteiger partial charge in [0.15, 0.2) is 5.82 Å². The van der Waals surface area contributed by atoms with Gasteiger partial charge in [0.1, 0.15) is 0 Å². The number of hydrogen-bond acceptors (Lipinski definition) is 4. The summed E-state index contributed by atoms with van der Waals surface area (Å²) in [6.07, 6.45) is 4.19. The Hall–Kier alpha value is -1.69. The molecule has 2 aromatic rings. The van der Waals surface area contributed by atoms with E-state index < -0.39 is 0 Å². The molecule has 0 unspecified atom stereocenters. The summed E-state index contributed by atoms with van der Waals surface area (Å²) in [5, 5.41) is 12.0.